The topological polar surface area (TPSA) is 34.9 Å². The summed E-state index contributed by atoms with van der Waals surface area (Å²) in [6.07, 6.45) is 2.85. The molecule has 0 aliphatic heterocycles. The quantitative estimate of drug-likeness (QED) is 0.801. The molecule has 0 bridgehead atoms. The molecule has 0 saturated heterocycles. The number of Topliss-reactive ketones (excluding diaryl/α,β-unsaturated/α-hetero) is 1. The van der Waals surface area contributed by atoms with E-state index >= 15 is 0 Å². The highest BCUT2D eigenvalue weighted by Crippen LogP contribution is 2.35. The van der Waals surface area contributed by atoms with E-state index in [1.54, 1.807) is 17.0 Å². The van der Waals surface area contributed by atoms with Crippen molar-refractivity contribution < 1.29 is 9.18 Å². The maximum atomic E-state index is 13.2. The molecule has 0 unspecified atom stereocenters. The maximum Gasteiger partial charge on any atom is 0.182 e. The molecule has 1 aliphatic rings. The molecule has 104 valence electrons. The fraction of sp³-hybridized carbons (Fsp3) is 0.333. The average molecular weight is 293 g/mol. The predicted octanol–water partition coefficient (Wildman–Crippen LogP) is 3.82. The number of carbonyl (C=O) groups excluding carboxylic acids is 1. The Morgan fingerprint density at radius 1 is 1.35 bits per heavy atom. The monoisotopic (exact) mass is 292 g/mol. The van der Waals surface area contributed by atoms with Crippen LogP contribution in [0.5, 0.6) is 0 Å². The van der Waals surface area contributed by atoms with Gasteiger partial charge in [0.2, 0.25) is 0 Å². The molecular formula is C15H14ClFN2O. The summed E-state index contributed by atoms with van der Waals surface area (Å²) in [5, 5.41) is 0.0357. The van der Waals surface area contributed by atoms with E-state index in [0.717, 1.165) is 12.1 Å². The average Bonchev–Trinajstić information content (AvgIpc) is 2.75. The fourth-order valence-corrected chi connectivity index (χ4v) is 2.85. The standard InChI is InChI=1S/C15H14ClFN2O/c1-15(2)6-12-14(13(20)7-15)19(8-18-12)9-3-4-11(17)10(16)5-9/h3-5,8H,6-7H2,1-2H3. The summed E-state index contributed by atoms with van der Waals surface area (Å²) < 4.78 is 14.9. The molecule has 5 heteroatoms. The Hall–Kier alpha value is -1.68. The first-order valence-corrected chi connectivity index (χ1v) is 6.80. The van der Waals surface area contributed by atoms with Crippen LogP contribution in [0.3, 0.4) is 0 Å². The number of hydrogen-bond acceptors (Lipinski definition) is 2. The van der Waals surface area contributed by atoms with Crippen molar-refractivity contribution in [3.63, 3.8) is 0 Å². The molecule has 3 nitrogen and oxygen atoms in total. The number of hydrogen-bond donors (Lipinski definition) is 0. The van der Waals surface area contributed by atoms with Crippen LogP contribution in [0, 0.1) is 11.2 Å². The van der Waals surface area contributed by atoms with Crippen molar-refractivity contribution in [3.8, 4) is 5.69 Å². The van der Waals surface area contributed by atoms with Gasteiger partial charge < -0.3 is 0 Å². The summed E-state index contributed by atoms with van der Waals surface area (Å²) in [5.74, 6) is -0.411. The number of rotatable bonds is 1. The molecule has 1 aromatic carbocycles. The van der Waals surface area contributed by atoms with Crippen LogP contribution in [0.15, 0.2) is 24.5 Å². The smallest absolute Gasteiger partial charge is 0.182 e. The normalized spacial score (nSPS) is 17.1. The second kappa shape index (κ2) is 4.42. The second-order valence-corrected chi connectivity index (χ2v) is 6.36. The highest BCUT2D eigenvalue weighted by molar-refractivity contribution is 6.30. The molecule has 20 heavy (non-hydrogen) atoms. The minimum absolute atomic E-state index is 0.0357. The molecule has 1 aromatic heterocycles. The molecule has 0 radical (unpaired) electrons. The van der Waals surface area contributed by atoms with Crippen molar-refractivity contribution in [2.24, 2.45) is 5.41 Å². The van der Waals surface area contributed by atoms with Crippen LogP contribution in [0.1, 0.15) is 36.5 Å². The lowest BCUT2D eigenvalue weighted by Crippen LogP contribution is -2.28. The van der Waals surface area contributed by atoms with Crippen molar-refractivity contribution in [2.75, 3.05) is 0 Å². The Kier molecular flexibility index (Phi) is 2.94. The van der Waals surface area contributed by atoms with E-state index in [1.165, 1.54) is 12.1 Å². The molecular weight excluding hydrogens is 279 g/mol. The molecule has 0 atom stereocenters. The molecule has 0 amide bonds. The van der Waals surface area contributed by atoms with Gasteiger partial charge in [-0.3, -0.25) is 9.36 Å². The van der Waals surface area contributed by atoms with E-state index in [0.29, 0.717) is 17.8 Å². The molecule has 2 aromatic rings. The lowest BCUT2D eigenvalue weighted by molar-refractivity contribution is 0.0904. The molecule has 1 heterocycles. The Labute approximate surface area is 121 Å². The van der Waals surface area contributed by atoms with Gasteiger partial charge in [-0.1, -0.05) is 25.4 Å². The van der Waals surface area contributed by atoms with Crippen LogP contribution < -0.4 is 0 Å². The lowest BCUT2D eigenvalue weighted by Gasteiger charge is -2.28. The Morgan fingerprint density at radius 2 is 2.10 bits per heavy atom. The van der Waals surface area contributed by atoms with Crippen LogP contribution >= 0.6 is 11.6 Å². The minimum Gasteiger partial charge on any atom is -0.296 e. The SMILES string of the molecule is CC1(C)CC(=O)c2c(ncn2-c2ccc(F)c(Cl)c2)C1. The van der Waals surface area contributed by atoms with Gasteiger partial charge in [-0.05, 0) is 30.0 Å². The number of halogens is 2. The van der Waals surface area contributed by atoms with Crippen molar-refractivity contribution in [1.29, 1.82) is 0 Å². The van der Waals surface area contributed by atoms with Gasteiger partial charge in [-0.25, -0.2) is 9.37 Å². The van der Waals surface area contributed by atoms with Crippen molar-refractivity contribution in [2.45, 2.75) is 26.7 Å². The van der Waals surface area contributed by atoms with Gasteiger partial charge in [-0.2, -0.15) is 0 Å². The third-order valence-electron chi connectivity index (χ3n) is 3.57. The first-order valence-electron chi connectivity index (χ1n) is 6.42. The van der Waals surface area contributed by atoms with E-state index in [2.05, 4.69) is 18.8 Å². The van der Waals surface area contributed by atoms with E-state index in [4.69, 9.17) is 11.6 Å². The van der Waals surface area contributed by atoms with E-state index in [1.807, 2.05) is 0 Å². The summed E-state index contributed by atoms with van der Waals surface area (Å²) in [5.41, 5.74) is 1.97. The van der Waals surface area contributed by atoms with Gasteiger partial charge in [0.1, 0.15) is 17.8 Å². The zero-order valence-corrected chi connectivity index (χ0v) is 12.0. The van der Waals surface area contributed by atoms with Gasteiger partial charge in [0.25, 0.3) is 0 Å². The van der Waals surface area contributed by atoms with Gasteiger partial charge in [-0.15, -0.1) is 0 Å². The zero-order valence-electron chi connectivity index (χ0n) is 11.3. The molecule has 1 aliphatic carbocycles. The zero-order chi connectivity index (χ0) is 14.5. The van der Waals surface area contributed by atoms with Crippen LogP contribution in [0.4, 0.5) is 4.39 Å². The van der Waals surface area contributed by atoms with Gasteiger partial charge in [0.05, 0.1) is 10.7 Å². The molecule has 0 fully saturated rings. The first kappa shape index (κ1) is 13.3. The lowest BCUT2D eigenvalue weighted by atomic mass is 9.77. The summed E-state index contributed by atoms with van der Waals surface area (Å²) in [4.78, 5) is 16.7. The highest BCUT2D eigenvalue weighted by atomic mass is 35.5. The first-order chi connectivity index (χ1) is 9.37. The number of ketones is 1. The third-order valence-corrected chi connectivity index (χ3v) is 3.86. The fourth-order valence-electron chi connectivity index (χ4n) is 2.67. The minimum atomic E-state index is -0.475. The Morgan fingerprint density at radius 3 is 2.80 bits per heavy atom. The van der Waals surface area contributed by atoms with E-state index < -0.39 is 5.82 Å². The molecule has 0 saturated carbocycles. The second-order valence-electron chi connectivity index (χ2n) is 5.95. The molecule has 3 rings (SSSR count). The molecule has 0 spiro atoms. The number of benzene rings is 1. The third kappa shape index (κ3) is 2.14. The van der Waals surface area contributed by atoms with Crippen molar-refractivity contribution in [1.82, 2.24) is 9.55 Å². The van der Waals surface area contributed by atoms with Gasteiger partial charge in [0.15, 0.2) is 5.78 Å². The number of carbonyl (C=O) groups is 1. The Balaban J connectivity index is 2.11. The summed E-state index contributed by atoms with van der Waals surface area (Å²) in [6.45, 7) is 4.11. The van der Waals surface area contributed by atoms with Crippen LogP contribution in [0.25, 0.3) is 5.69 Å². The van der Waals surface area contributed by atoms with Crippen LogP contribution in [-0.4, -0.2) is 15.3 Å². The van der Waals surface area contributed by atoms with Crippen LogP contribution in [0.2, 0.25) is 5.02 Å². The number of imidazole rings is 1. The maximum absolute atomic E-state index is 13.2. The van der Waals surface area contributed by atoms with Crippen LogP contribution in [-0.2, 0) is 6.42 Å². The Bertz CT molecular complexity index is 706. The summed E-state index contributed by atoms with van der Waals surface area (Å²) in [6, 6.07) is 4.39. The summed E-state index contributed by atoms with van der Waals surface area (Å²) in [7, 11) is 0. The van der Waals surface area contributed by atoms with Gasteiger partial charge >= 0.3 is 0 Å². The van der Waals surface area contributed by atoms with Crippen molar-refractivity contribution >= 4 is 17.4 Å². The number of fused-ring (bicyclic) bond motifs is 1. The van der Waals surface area contributed by atoms with Crippen molar-refractivity contribution in [3.05, 3.63) is 46.8 Å². The van der Waals surface area contributed by atoms with E-state index in [9.17, 15) is 9.18 Å². The number of nitrogens with zero attached hydrogens (tertiary/aromatic N) is 2. The highest BCUT2D eigenvalue weighted by Gasteiger charge is 2.34. The van der Waals surface area contributed by atoms with E-state index in [-0.39, 0.29) is 16.2 Å². The molecule has 0 N–H and O–H groups in total. The largest absolute Gasteiger partial charge is 0.296 e. The summed E-state index contributed by atoms with van der Waals surface area (Å²) >= 11 is 5.80. The predicted molar refractivity (Wildman–Crippen MR) is 75.0 cm³/mol. The number of aromatic nitrogens is 2. The van der Waals surface area contributed by atoms with Gasteiger partial charge in [0, 0.05) is 12.1 Å².